The van der Waals surface area contributed by atoms with Crippen LogP contribution in [0.1, 0.15) is 95.4 Å². The lowest BCUT2D eigenvalue weighted by Gasteiger charge is -2.43. The van der Waals surface area contributed by atoms with Gasteiger partial charge in [-0.2, -0.15) is 0 Å². The average molecular weight is 547 g/mol. The quantitative estimate of drug-likeness (QED) is 0.233. The number of rotatable bonds is 10. The maximum absolute atomic E-state index is 12.2. The van der Waals surface area contributed by atoms with E-state index in [0.29, 0.717) is 16.6 Å². The van der Waals surface area contributed by atoms with Gasteiger partial charge in [0.2, 0.25) is 0 Å². The van der Waals surface area contributed by atoms with E-state index in [1.54, 1.807) is 0 Å². The van der Waals surface area contributed by atoms with Crippen LogP contribution in [0.5, 0.6) is 0 Å². The second-order valence-electron chi connectivity index (χ2n) is 13.3. The van der Waals surface area contributed by atoms with Crippen molar-refractivity contribution < 1.29 is 5.11 Å². The molecule has 2 aromatic rings. The van der Waals surface area contributed by atoms with Gasteiger partial charge in [0.25, 0.3) is 0 Å². The van der Waals surface area contributed by atoms with Crippen molar-refractivity contribution in [2.45, 2.75) is 123 Å². The molecule has 0 spiro atoms. The number of aliphatic hydroxyl groups is 1. The van der Waals surface area contributed by atoms with E-state index in [0.717, 1.165) is 24.8 Å². The van der Waals surface area contributed by atoms with Gasteiger partial charge in [-0.15, -0.1) is 5.54 Å². The minimum atomic E-state index is -2.49. The molecule has 2 aromatic carbocycles. The van der Waals surface area contributed by atoms with Crippen LogP contribution in [-0.4, -0.2) is 26.9 Å². The standard InChI is InChI=1S/C35H54OSi2/c1-12-13-20-31(35(11,36)25-26-37(28(2)3,29(4)5)30(6)7)27-38(34(8,9)10,32-21-16-14-17-22-32)33-23-18-15-19-24-33/h14-19,21-24,27-30,36H,12-13,20H2,1-11H3/b31-27+. The zero-order valence-corrected chi connectivity index (χ0v) is 28.2. The van der Waals surface area contributed by atoms with Crippen LogP contribution < -0.4 is 10.4 Å². The van der Waals surface area contributed by atoms with Crippen LogP contribution in [0.15, 0.2) is 71.9 Å². The first kappa shape index (κ1) is 32.3. The first-order chi connectivity index (χ1) is 17.7. The smallest absolute Gasteiger partial charge is 0.146 e. The summed E-state index contributed by atoms with van der Waals surface area (Å²) in [6, 6.07) is 22.1. The van der Waals surface area contributed by atoms with Crippen molar-refractivity contribution in [3.63, 3.8) is 0 Å². The number of hydrogen-bond acceptors (Lipinski definition) is 1. The molecule has 0 aliphatic carbocycles. The Labute approximate surface area is 237 Å². The first-order valence-corrected chi connectivity index (χ1v) is 19.1. The number of benzene rings is 2. The van der Waals surface area contributed by atoms with E-state index in [-0.39, 0.29) is 5.04 Å². The normalized spacial score (nSPS) is 15.0. The Hall–Kier alpha value is -1.87. The summed E-state index contributed by atoms with van der Waals surface area (Å²) in [6.45, 7) is 25.4. The SMILES string of the molecule is CCCC/C(=C\[Si](c1ccccc1)(c1ccccc1)C(C)(C)C)C(C)(O)C#C[Si](C(C)C)(C(C)C)C(C)C. The predicted molar refractivity (Wildman–Crippen MR) is 175 cm³/mol. The lowest BCUT2D eigenvalue weighted by Crippen LogP contribution is -2.63. The fraction of sp³-hybridized carbons (Fsp3) is 0.543. The predicted octanol–water partition coefficient (Wildman–Crippen LogP) is 8.68. The Balaban J connectivity index is 2.93. The molecule has 2 rings (SSSR count). The lowest BCUT2D eigenvalue weighted by molar-refractivity contribution is 0.156. The Morgan fingerprint density at radius 2 is 1.21 bits per heavy atom. The molecule has 1 nitrogen and oxygen atoms in total. The first-order valence-electron chi connectivity index (χ1n) is 14.8. The topological polar surface area (TPSA) is 20.2 Å². The highest BCUT2D eigenvalue weighted by Crippen LogP contribution is 2.42. The molecule has 0 saturated heterocycles. The van der Waals surface area contributed by atoms with Crippen LogP contribution in [0.2, 0.25) is 21.7 Å². The maximum Gasteiger partial charge on any atom is 0.146 e. The minimum absolute atomic E-state index is 0.0109. The van der Waals surface area contributed by atoms with Crippen LogP contribution in [0, 0.1) is 11.5 Å². The summed E-state index contributed by atoms with van der Waals surface area (Å²) in [7, 11) is -4.47. The highest BCUT2D eigenvalue weighted by atomic mass is 28.3. The lowest BCUT2D eigenvalue weighted by atomic mass is 9.94. The third-order valence-corrected chi connectivity index (χ3v) is 20.8. The maximum atomic E-state index is 12.2. The molecule has 208 valence electrons. The second-order valence-corrected chi connectivity index (χ2v) is 23.4. The van der Waals surface area contributed by atoms with Gasteiger partial charge in [0.1, 0.15) is 21.7 Å². The third-order valence-electron chi connectivity index (χ3n) is 8.85. The van der Waals surface area contributed by atoms with Crippen molar-refractivity contribution in [2.75, 3.05) is 0 Å². The molecule has 0 fully saturated rings. The van der Waals surface area contributed by atoms with Gasteiger partial charge in [-0.05, 0) is 57.4 Å². The summed E-state index contributed by atoms with van der Waals surface area (Å²) in [6.07, 6.45) is 3.00. The molecule has 0 aromatic heterocycles. The monoisotopic (exact) mass is 546 g/mol. The van der Waals surface area contributed by atoms with Crippen LogP contribution in [0.3, 0.4) is 0 Å². The summed E-state index contributed by atoms with van der Waals surface area (Å²) in [5.41, 5.74) is 7.91. The highest BCUT2D eigenvalue weighted by molar-refractivity contribution is 7.07. The van der Waals surface area contributed by atoms with Gasteiger partial charge in [-0.1, -0.05) is 148 Å². The van der Waals surface area contributed by atoms with Crippen LogP contribution in [-0.2, 0) is 0 Å². The van der Waals surface area contributed by atoms with Crippen molar-refractivity contribution in [3.05, 3.63) is 71.9 Å². The van der Waals surface area contributed by atoms with Gasteiger partial charge in [0.15, 0.2) is 0 Å². The van der Waals surface area contributed by atoms with Crippen molar-refractivity contribution in [2.24, 2.45) is 0 Å². The Morgan fingerprint density at radius 1 is 0.789 bits per heavy atom. The second kappa shape index (κ2) is 13.0. The van der Waals surface area contributed by atoms with Gasteiger partial charge in [0, 0.05) is 0 Å². The molecule has 0 aliphatic heterocycles. The van der Waals surface area contributed by atoms with Crippen LogP contribution in [0.4, 0.5) is 0 Å². The molecule has 0 bridgehead atoms. The average Bonchev–Trinajstić information content (AvgIpc) is 2.84. The fourth-order valence-electron chi connectivity index (χ4n) is 6.65. The molecule has 0 amide bonds. The van der Waals surface area contributed by atoms with Gasteiger partial charge < -0.3 is 5.11 Å². The summed E-state index contributed by atoms with van der Waals surface area (Å²) < 4.78 is 0. The van der Waals surface area contributed by atoms with Crippen molar-refractivity contribution >= 4 is 26.5 Å². The van der Waals surface area contributed by atoms with Gasteiger partial charge >= 0.3 is 0 Å². The largest absolute Gasteiger partial charge is 0.374 e. The summed E-state index contributed by atoms with van der Waals surface area (Å²) in [5, 5.41) is 15.0. The molecule has 1 atom stereocenters. The zero-order chi connectivity index (χ0) is 28.8. The van der Waals surface area contributed by atoms with Crippen molar-refractivity contribution in [3.8, 4) is 11.5 Å². The molecular formula is C35H54OSi2. The van der Waals surface area contributed by atoms with E-state index < -0.39 is 21.7 Å². The van der Waals surface area contributed by atoms with Crippen LogP contribution in [0.25, 0.3) is 0 Å². The number of hydrogen-bond donors (Lipinski definition) is 1. The molecule has 0 aliphatic rings. The van der Waals surface area contributed by atoms with Crippen molar-refractivity contribution in [1.82, 2.24) is 0 Å². The van der Waals surface area contributed by atoms with Gasteiger partial charge in [-0.3, -0.25) is 0 Å². The molecule has 38 heavy (non-hydrogen) atoms. The Kier molecular flexibility index (Phi) is 11.1. The van der Waals surface area contributed by atoms with Gasteiger partial charge in [0.05, 0.1) is 0 Å². The van der Waals surface area contributed by atoms with E-state index >= 15 is 0 Å². The molecule has 3 heteroatoms. The molecule has 1 N–H and O–H groups in total. The minimum Gasteiger partial charge on any atom is -0.374 e. The van der Waals surface area contributed by atoms with E-state index in [9.17, 15) is 5.11 Å². The van der Waals surface area contributed by atoms with E-state index in [1.807, 2.05) is 6.92 Å². The molecule has 0 saturated carbocycles. The summed E-state index contributed by atoms with van der Waals surface area (Å²) in [4.78, 5) is 0. The molecular weight excluding hydrogens is 493 g/mol. The third kappa shape index (κ3) is 6.64. The zero-order valence-electron chi connectivity index (χ0n) is 26.2. The fourth-order valence-corrected chi connectivity index (χ4v) is 17.2. The number of unbranched alkanes of at least 4 members (excludes halogenated alkanes) is 1. The van der Waals surface area contributed by atoms with E-state index in [4.69, 9.17) is 0 Å². The highest BCUT2D eigenvalue weighted by Gasteiger charge is 2.47. The molecule has 0 heterocycles. The Bertz CT molecular complexity index is 1030. The molecule has 0 radical (unpaired) electrons. The summed E-state index contributed by atoms with van der Waals surface area (Å²) >= 11 is 0. The van der Waals surface area contributed by atoms with E-state index in [2.05, 4.69) is 147 Å². The Morgan fingerprint density at radius 3 is 1.55 bits per heavy atom. The molecule has 1 unspecified atom stereocenters. The van der Waals surface area contributed by atoms with Crippen molar-refractivity contribution in [1.29, 1.82) is 0 Å². The van der Waals surface area contributed by atoms with E-state index in [1.165, 1.54) is 10.4 Å². The van der Waals surface area contributed by atoms with Crippen LogP contribution >= 0.6 is 0 Å². The summed E-state index contributed by atoms with van der Waals surface area (Å²) in [5.74, 6) is 3.55. The van der Waals surface area contributed by atoms with Gasteiger partial charge in [-0.25, -0.2) is 0 Å².